The van der Waals surface area contributed by atoms with E-state index in [2.05, 4.69) is 10.5 Å². The largest absolute Gasteiger partial charge is 0.508 e. The molecule has 5 heteroatoms. The number of benzene rings is 2. The van der Waals surface area contributed by atoms with Crippen LogP contribution >= 0.6 is 0 Å². The molecule has 23 heavy (non-hydrogen) atoms. The van der Waals surface area contributed by atoms with Gasteiger partial charge in [0.25, 0.3) is 5.91 Å². The molecule has 5 nitrogen and oxygen atoms in total. The first-order valence-electron chi connectivity index (χ1n) is 7.28. The Morgan fingerprint density at radius 3 is 2.70 bits per heavy atom. The van der Waals surface area contributed by atoms with Gasteiger partial charge in [-0.2, -0.15) is 5.10 Å². The maximum Gasteiger partial charge on any atom is 0.277 e. The van der Waals surface area contributed by atoms with E-state index >= 15 is 0 Å². The van der Waals surface area contributed by atoms with Crippen molar-refractivity contribution in [2.24, 2.45) is 5.10 Å². The van der Waals surface area contributed by atoms with Crippen LogP contribution in [0.5, 0.6) is 11.5 Å². The number of amides is 1. The number of nitrogens with zero attached hydrogens (tertiary/aromatic N) is 1. The predicted molar refractivity (Wildman–Crippen MR) is 89.9 cm³/mol. The molecule has 0 fully saturated rings. The molecule has 0 spiro atoms. The van der Waals surface area contributed by atoms with E-state index in [-0.39, 0.29) is 18.3 Å². The standard InChI is InChI=1S/C18H20N2O3/c1-12-7-8-17(13(2)9-12)23-11-18(22)20-19-14(3)15-5-4-6-16(21)10-15/h4-10,21H,11H2,1-3H3,(H,20,22)/b19-14-. The van der Waals surface area contributed by atoms with Crippen LogP contribution < -0.4 is 10.2 Å². The normalized spacial score (nSPS) is 11.2. The van der Waals surface area contributed by atoms with E-state index < -0.39 is 0 Å². The Bertz CT molecular complexity index is 739. The van der Waals surface area contributed by atoms with Crippen LogP contribution in [0.25, 0.3) is 0 Å². The van der Waals surface area contributed by atoms with E-state index in [1.807, 2.05) is 32.0 Å². The van der Waals surface area contributed by atoms with Gasteiger partial charge in [-0.1, -0.05) is 29.8 Å². The fraction of sp³-hybridized carbons (Fsp3) is 0.222. The van der Waals surface area contributed by atoms with Crippen LogP contribution in [0, 0.1) is 13.8 Å². The molecule has 0 saturated carbocycles. The highest BCUT2D eigenvalue weighted by atomic mass is 16.5. The number of ether oxygens (including phenoxy) is 1. The summed E-state index contributed by atoms with van der Waals surface area (Å²) in [5, 5.41) is 13.4. The van der Waals surface area contributed by atoms with Gasteiger partial charge in [-0.15, -0.1) is 0 Å². The number of carbonyl (C=O) groups is 1. The first-order chi connectivity index (χ1) is 11.0. The number of phenolic OH excluding ortho intramolecular Hbond substituents is 1. The van der Waals surface area contributed by atoms with Crippen molar-refractivity contribution in [1.29, 1.82) is 0 Å². The number of hydrazone groups is 1. The van der Waals surface area contributed by atoms with Crippen molar-refractivity contribution in [2.75, 3.05) is 6.61 Å². The number of hydrogen-bond donors (Lipinski definition) is 2. The Kier molecular flexibility index (Phi) is 5.36. The maximum absolute atomic E-state index is 11.8. The third kappa shape index (κ3) is 4.85. The summed E-state index contributed by atoms with van der Waals surface area (Å²) in [5.74, 6) is 0.491. The molecule has 120 valence electrons. The van der Waals surface area contributed by atoms with Crippen LogP contribution in [0.1, 0.15) is 23.6 Å². The van der Waals surface area contributed by atoms with Crippen LogP contribution in [-0.2, 0) is 4.79 Å². The average molecular weight is 312 g/mol. The van der Waals surface area contributed by atoms with E-state index in [0.29, 0.717) is 11.5 Å². The van der Waals surface area contributed by atoms with E-state index in [1.165, 1.54) is 0 Å². The van der Waals surface area contributed by atoms with Crippen LogP contribution in [-0.4, -0.2) is 23.3 Å². The Labute approximate surface area is 135 Å². The quantitative estimate of drug-likeness (QED) is 0.659. The summed E-state index contributed by atoms with van der Waals surface area (Å²) < 4.78 is 5.49. The lowest BCUT2D eigenvalue weighted by atomic mass is 10.1. The molecule has 0 atom stereocenters. The fourth-order valence-corrected chi connectivity index (χ4v) is 2.08. The van der Waals surface area contributed by atoms with Gasteiger partial charge in [0.05, 0.1) is 5.71 Å². The SMILES string of the molecule is C/C(=N/NC(=O)COc1ccc(C)cc1C)c1cccc(O)c1. The average Bonchev–Trinajstić information content (AvgIpc) is 2.51. The number of hydrogen-bond acceptors (Lipinski definition) is 4. The van der Waals surface area contributed by atoms with Gasteiger partial charge < -0.3 is 9.84 Å². The number of rotatable bonds is 5. The van der Waals surface area contributed by atoms with E-state index in [4.69, 9.17) is 4.74 Å². The Hall–Kier alpha value is -2.82. The summed E-state index contributed by atoms with van der Waals surface area (Å²) >= 11 is 0. The molecule has 0 aromatic heterocycles. The summed E-state index contributed by atoms with van der Waals surface area (Å²) in [7, 11) is 0. The summed E-state index contributed by atoms with van der Waals surface area (Å²) in [6.07, 6.45) is 0. The zero-order chi connectivity index (χ0) is 16.8. The molecular formula is C18H20N2O3. The number of nitrogens with one attached hydrogen (secondary N) is 1. The first-order valence-corrected chi connectivity index (χ1v) is 7.28. The molecule has 0 bridgehead atoms. The van der Waals surface area contributed by atoms with Crippen molar-refractivity contribution in [3.05, 3.63) is 59.2 Å². The lowest BCUT2D eigenvalue weighted by molar-refractivity contribution is -0.123. The van der Waals surface area contributed by atoms with Gasteiger partial charge >= 0.3 is 0 Å². The van der Waals surface area contributed by atoms with Crippen molar-refractivity contribution in [1.82, 2.24) is 5.43 Å². The number of carbonyl (C=O) groups excluding carboxylic acids is 1. The lowest BCUT2D eigenvalue weighted by Gasteiger charge is -2.09. The second-order valence-electron chi connectivity index (χ2n) is 5.34. The smallest absolute Gasteiger partial charge is 0.277 e. The molecular weight excluding hydrogens is 292 g/mol. The van der Waals surface area contributed by atoms with Gasteiger partial charge in [0, 0.05) is 5.56 Å². The van der Waals surface area contributed by atoms with Gasteiger partial charge in [-0.25, -0.2) is 5.43 Å². The van der Waals surface area contributed by atoms with E-state index in [1.54, 1.807) is 31.2 Å². The molecule has 2 rings (SSSR count). The lowest BCUT2D eigenvalue weighted by Crippen LogP contribution is -2.25. The van der Waals surface area contributed by atoms with Crippen LogP contribution in [0.2, 0.25) is 0 Å². The highest BCUT2D eigenvalue weighted by Gasteiger charge is 2.05. The molecule has 0 radical (unpaired) electrons. The molecule has 0 aliphatic rings. The van der Waals surface area contributed by atoms with Crippen molar-refractivity contribution >= 4 is 11.6 Å². The first kappa shape index (κ1) is 16.5. The molecule has 2 aromatic rings. The Morgan fingerprint density at radius 2 is 2.00 bits per heavy atom. The fourth-order valence-electron chi connectivity index (χ4n) is 2.08. The summed E-state index contributed by atoms with van der Waals surface area (Å²) in [5.41, 5.74) is 5.91. The maximum atomic E-state index is 11.8. The van der Waals surface area contributed by atoms with Gasteiger partial charge in [0.2, 0.25) is 0 Å². The topological polar surface area (TPSA) is 70.9 Å². The highest BCUT2D eigenvalue weighted by molar-refractivity contribution is 5.99. The molecule has 0 heterocycles. The van der Waals surface area contributed by atoms with Gasteiger partial charge in [-0.3, -0.25) is 4.79 Å². The second-order valence-corrected chi connectivity index (χ2v) is 5.34. The van der Waals surface area contributed by atoms with Gasteiger partial charge in [0.15, 0.2) is 6.61 Å². The van der Waals surface area contributed by atoms with Crippen LogP contribution in [0.15, 0.2) is 47.6 Å². The Morgan fingerprint density at radius 1 is 1.22 bits per heavy atom. The number of phenols is 1. The zero-order valence-corrected chi connectivity index (χ0v) is 13.5. The van der Waals surface area contributed by atoms with Crippen molar-refractivity contribution < 1.29 is 14.6 Å². The minimum atomic E-state index is -0.343. The highest BCUT2D eigenvalue weighted by Crippen LogP contribution is 2.18. The minimum absolute atomic E-state index is 0.110. The minimum Gasteiger partial charge on any atom is -0.508 e. The molecule has 0 aliphatic heterocycles. The third-order valence-corrected chi connectivity index (χ3v) is 3.30. The second kappa shape index (κ2) is 7.45. The van der Waals surface area contributed by atoms with Crippen LogP contribution in [0.4, 0.5) is 0 Å². The number of aromatic hydroxyl groups is 1. The predicted octanol–water partition coefficient (Wildman–Crippen LogP) is 2.93. The number of aryl methyl sites for hydroxylation is 2. The van der Waals surface area contributed by atoms with Gasteiger partial charge in [0.1, 0.15) is 11.5 Å². The van der Waals surface area contributed by atoms with E-state index in [9.17, 15) is 9.90 Å². The summed E-state index contributed by atoms with van der Waals surface area (Å²) in [4.78, 5) is 11.8. The van der Waals surface area contributed by atoms with Crippen molar-refractivity contribution in [3.63, 3.8) is 0 Å². The summed E-state index contributed by atoms with van der Waals surface area (Å²) in [6, 6.07) is 12.5. The van der Waals surface area contributed by atoms with E-state index in [0.717, 1.165) is 16.7 Å². The molecule has 2 N–H and O–H groups in total. The summed E-state index contributed by atoms with van der Waals surface area (Å²) in [6.45, 7) is 5.58. The third-order valence-electron chi connectivity index (χ3n) is 3.30. The molecule has 0 aliphatic carbocycles. The van der Waals surface area contributed by atoms with Crippen molar-refractivity contribution in [2.45, 2.75) is 20.8 Å². The van der Waals surface area contributed by atoms with Crippen LogP contribution in [0.3, 0.4) is 0 Å². The Balaban J connectivity index is 1.90. The zero-order valence-electron chi connectivity index (χ0n) is 13.5. The van der Waals surface area contributed by atoms with Gasteiger partial charge in [-0.05, 0) is 44.5 Å². The molecule has 2 aromatic carbocycles. The molecule has 0 saturated heterocycles. The monoisotopic (exact) mass is 312 g/mol. The molecule has 0 unspecified atom stereocenters. The molecule has 1 amide bonds. The van der Waals surface area contributed by atoms with Crippen molar-refractivity contribution in [3.8, 4) is 11.5 Å².